The van der Waals surface area contributed by atoms with E-state index in [1.165, 1.54) is 12.8 Å². The number of nitrogens with zero attached hydrogens (tertiary/aromatic N) is 2. The Morgan fingerprint density at radius 1 is 1.21 bits per heavy atom. The van der Waals surface area contributed by atoms with Crippen LogP contribution in [-0.2, 0) is 26.2 Å². The zero-order valence-corrected chi connectivity index (χ0v) is 20.4. The Kier molecular flexibility index (Phi) is 6.45. The molecule has 1 atom stereocenters. The minimum absolute atomic E-state index is 0.0211. The molecule has 1 aliphatic carbocycles. The molecule has 0 spiro atoms. The summed E-state index contributed by atoms with van der Waals surface area (Å²) in [6, 6.07) is 6.00. The molecule has 4 fully saturated rings. The quantitative estimate of drug-likeness (QED) is 0.335. The largest absolute Gasteiger partial charge is 0.455 e. The molecule has 0 unspecified atom stereocenters. The Morgan fingerprint density at radius 3 is 2.61 bits per heavy atom. The fourth-order valence-electron chi connectivity index (χ4n) is 6.39. The van der Waals surface area contributed by atoms with Crippen molar-refractivity contribution in [2.75, 3.05) is 26.2 Å². The molecule has 0 N–H and O–H groups in total. The van der Waals surface area contributed by atoms with Gasteiger partial charge in [-0.15, -0.1) is 11.3 Å². The first-order valence-electron chi connectivity index (χ1n) is 12.5. The molecule has 6 rings (SSSR count). The number of esters is 1. The molecule has 3 saturated heterocycles. The lowest BCUT2D eigenvalue weighted by molar-refractivity contribution is -0.939. The van der Waals surface area contributed by atoms with E-state index in [4.69, 9.17) is 9.26 Å². The van der Waals surface area contributed by atoms with Gasteiger partial charge in [0.2, 0.25) is 0 Å². The molecule has 0 aromatic carbocycles. The van der Waals surface area contributed by atoms with E-state index in [1.54, 1.807) is 11.3 Å². The summed E-state index contributed by atoms with van der Waals surface area (Å²) in [5.74, 6) is 1.21. The number of hydrogen-bond acceptors (Lipinski definition) is 6. The van der Waals surface area contributed by atoms with Crippen LogP contribution in [-0.4, -0.2) is 53.7 Å². The normalized spacial score (nSPS) is 28.9. The first-order valence-corrected chi connectivity index (χ1v) is 13.4. The Morgan fingerprint density at radius 2 is 1.97 bits per heavy atom. The molecule has 0 radical (unpaired) electrons. The number of carbonyl (C=O) groups is 2. The molecule has 5 heterocycles. The van der Waals surface area contributed by atoms with E-state index < -0.39 is 5.41 Å². The SMILES string of the molecule is Cc1cc(CC(=O)C[N+]23CCC(CC2)[C@@H](OC(=O)C2(c4cccs4)CCCCCC2)C3)on1. The van der Waals surface area contributed by atoms with Crippen molar-refractivity contribution in [3.63, 3.8) is 0 Å². The van der Waals surface area contributed by atoms with Crippen LogP contribution in [0.15, 0.2) is 28.1 Å². The Hall–Kier alpha value is -1.99. The first kappa shape index (κ1) is 22.8. The number of thiophene rings is 1. The van der Waals surface area contributed by atoms with Gasteiger partial charge in [-0.1, -0.05) is 36.9 Å². The molecule has 178 valence electrons. The molecule has 2 bridgehead atoms. The molecule has 7 heteroatoms. The second-order valence-corrected chi connectivity index (χ2v) is 11.5. The number of ketones is 1. The highest BCUT2D eigenvalue weighted by atomic mass is 32.1. The van der Waals surface area contributed by atoms with Crippen LogP contribution in [0.5, 0.6) is 0 Å². The van der Waals surface area contributed by atoms with Crippen molar-refractivity contribution >= 4 is 23.1 Å². The molecule has 33 heavy (non-hydrogen) atoms. The van der Waals surface area contributed by atoms with Gasteiger partial charge in [-0.05, 0) is 31.2 Å². The number of rotatable bonds is 7. The number of aromatic nitrogens is 1. The maximum absolute atomic E-state index is 13.8. The average molecular weight is 472 g/mol. The molecular weight excluding hydrogens is 436 g/mol. The Balaban J connectivity index is 1.28. The Bertz CT molecular complexity index is 966. The van der Waals surface area contributed by atoms with Gasteiger partial charge in [-0.2, -0.15) is 0 Å². The summed E-state index contributed by atoms with van der Waals surface area (Å²) in [6.07, 6.45) is 8.58. The van der Waals surface area contributed by atoms with Crippen LogP contribution in [0.25, 0.3) is 0 Å². The molecule has 6 nitrogen and oxygen atoms in total. The van der Waals surface area contributed by atoms with Crippen LogP contribution in [0.3, 0.4) is 0 Å². The number of fused-ring (bicyclic) bond motifs is 3. The van der Waals surface area contributed by atoms with E-state index in [0.717, 1.165) is 73.2 Å². The first-order chi connectivity index (χ1) is 16.0. The number of ether oxygens (including phenoxy) is 1. The lowest BCUT2D eigenvalue weighted by atomic mass is 9.78. The van der Waals surface area contributed by atoms with Gasteiger partial charge in [0.1, 0.15) is 24.3 Å². The lowest BCUT2D eigenvalue weighted by Crippen LogP contribution is -2.66. The second kappa shape index (κ2) is 9.34. The van der Waals surface area contributed by atoms with Crippen molar-refractivity contribution < 1.29 is 23.3 Å². The van der Waals surface area contributed by atoms with Gasteiger partial charge >= 0.3 is 5.97 Å². The van der Waals surface area contributed by atoms with E-state index >= 15 is 0 Å². The number of aryl methyl sites for hydroxylation is 1. The van der Waals surface area contributed by atoms with Crippen molar-refractivity contribution in [3.8, 4) is 0 Å². The summed E-state index contributed by atoms with van der Waals surface area (Å²) in [5, 5.41) is 5.97. The molecule has 3 aliphatic heterocycles. The van der Waals surface area contributed by atoms with Gasteiger partial charge in [-0.25, -0.2) is 0 Å². The third kappa shape index (κ3) is 4.67. The maximum Gasteiger partial charge on any atom is 0.317 e. The van der Waals surface area contributed by atoms with E-state index in [0.29, 0.717) is 18.2 Å². The monoisotopic (exact) mass is 471 g/mol. The third-order valence-corrected chi connectivity index (χ3v) is 9.27. The number of Topliss-reactive ketones (excluding diaryl/α,β-unsaturated/α-hetero) is 1. The fraction of sp³-hybridized carbons (Fsp3) is 0.654. The second-order valence-electron chi connectivity index (χ2n) is 10.5. The Labute approximate surface area is 199 Å². The minimum atomic E-state index is -0.485. The third-order valence-electron chi connectivity index (χ3n) is 8.20. The number of hydrogen-bond donors (Lipinski definition) is 0. The fourth-order valence-corrected chi connectivity index (χ4v) is 7.36. The van der Waals surface area contributed by atoms with Gasteiger partial charge in [0.15, 0.2) is 11.9 Å². The number of carbonyl (C=O) groups excluding carboxylic acids is 2. The van der Waals surface area contributed by atoms with Crippen LogP contribution >= 0.6 is 11.3 Å². The summed E-state index contributed by atoms with van der Waals surface area (Å²) in [4.78, 5) is 27.8. The summed E-state index contributed by atoms with van der Waals surface area (Å²) in [6.45, 7) is 5.10. The average Bonchev–Trinajstić information content (AvgIpc) is 3.41. The zero-order chi connectivity index (χ0) is 22.9. The molecular formula is C26H35N2O4S+. The molecule has 4 aliphatic rings. The zero-order valence-electron chi connectivity index (χ0n) is 19.6. The number of quaternary nitrogens is 1. The highest BCUT2D eigenvalue weighted by Gasteiger charge is 2.51. The van der Waals surface area contributed by atoms with Crippen LogP contribution in [0.1, 0.15) is 67.7 Å². The van der Waals surface area contributed by atoms with Crippen molar-refractivity contribution in [1.82, 2.24) is 5.16 Å². The van der Waals surface area contributed by atoms with Crippen molar-refractivity contribution in [3.05, 3.63) is 39.9 Å². The molecule has 1 saturated carbocycles. The van der Waals surface area contributed by atoms with Crippen LogP contribution < -0.4 is 0 Å². The summed E-state index contributed by atoms with van der Waals surface area (Å²) in [7, 11) is 0. The number of piperidine rings is 3. The predicted octanol–water partition coefficient (Wildman–Crippen LogP) is 4.60. The maximum atomic E-state index is 13.8. The van der Waals surface area contributed by atoms with Gasteiger partial charge in [-0.3, -0.25) is 9.59 Å². The van der Waals surface area contributed by atoms with E-state index in [2.05, 4.69) is 22.7 Å². The smallest absolute Gasteiger partial charge is 0.317 e. The van der Waals surface area contributed by atoms with Crippen molar-refractivity contribution in [2.45, 2.75) is 76.2 Å². The minimum Gasteiger partial charge on any atom is -0.455 e. The predicted molar refractivity (Wildman–Crippen MR) is 126 cm³/mol. The molecule has 0 amide bonds. The lowest BCUT2D eigenvalue weighted by Gasteiger charge is -2.52. The van der Waals surface area contributed by atoms with Crippen molar-refractivity contribution in [1.29, 1.82) is 0 Å². The molecule has 2 aromatic heterocycles. The highest BCUT2D eigenvalue weighted by Crippen LogP contribution is 2.43. The van der Waals surface area contributed by atoms with Crippen LogP contribution in [0.4, 0.5) is 0 Å². The van der Waals surface area contributed by atoms with Gasteiger partial charge in [0.25, 0.3) is 0 Å². The summed E-state index contributed by atoms with van der Waals surface area (Å²) >= 11 is 1.69. The van der Waals surface area contributed by atoms with E-state index in [1.807, 2.05) is 13.0 Å². The highest BCUT2D eigenvalue weighted by molar-refractivity contribution is 7.10. The van der Waals surface area contributed by atoms with E-state index in [-0.39, 0.29) is 24.3 Å². The van der Waals surface area contributed by atoms with Crippen molar-refractivity contribution in [2.24, 2.45) is 5.92 Å². The van der Waals surface area contributed by atoms with E-state index in [9.17, 15) is 9.59 Å². The topological polar surface area (TPSA) is 69.4 Å². The standard InChI is InChI=1S/C26H35N2O4S/c1-19-15-22(32-27-19)16-21(29)17-28-12-8-20(9-13-28)23(18-28)31-25(30)26(24-7-6-14-33-24)10-4-2-3-5-11-26/h6-7,14-15,20,23H,2-5,8-13,16-18H2,1H3/q+1/t20?,23-,28?/m0/s1. The van der Waals surface area contributed by atoms with Gasteiger partial charge in [0, 0.05) is 29.7 Å². The molecule has 2 aromatic rings. The summed E-state index contributed by atoms with van der Waals surface area (Å²) < 4.78 is 12.4. The summed E-state index contributed by atoms with van der Waals surface area (Å²) in [5.41, 5.74) is 0.315. The van der Waals surface area contributed by atoms with Crippen LogP contribution in [0.2, 0.25) is 0 Å². The van der Waals surface area contributed by atoms with Gasteiger partial charge in [0.05, 0.1) is 25.2 Å². The van der Waals surface area contributed by atoms with Gasteiger partial charge < -0.3 is 13.7 Å². The van der Waals surface area contributed by atoms with Crippen LogP contribution in [0, 0.1) is 12.8 Å².